The van der Waals surface area contributed by atoms with Crippen LogP contribution in [0.25, 0.3) is 6.08 Å². The van der Waals surface area contributed by atoms with Crippen molar-refractivity contribution in [2.75, 3.05) is 5.33 Å². The Balaban J connectivity index is 2.98. The second-order valence-electron chi connectivity index (χ2n) is 3.28. The van der Waals surface area contributed by atoms with E-state index in [9.17, 15) is 4.79 Å². The second kappa shape index (κ2) is 6.86. The number of aryl methyl sites for hydroxylation is 1. The van der Waals surface area contributed by atoms with Crippen LogP contribution in [0.15, 0.2) is 28.7 Å². The lowest BCUT2D eigenvalue weighted by Gasteiger charge is -2.07. The van der Waals surface area contributed by atoms with Gasteiger partial charge in [0.15, 0.2) is 0 Å². The van der Waals surface area contributed by atoms with E-state index in [-0.39, 0.29) is 0 Å². The maximum Gasteiger partial charge on any atom is 0.328 e. The number of hydrogen-bond donors (Lipinski definition) is 1. The molecular formula is C12H12Br2O2. The normalized spacial score (nSPS) is 10.9. The predicted octanol–water partition coefficient (Wildman–Crippen LogP) is 3.87. The van der Waals surface area contributed by atoms with Crippen LogP contribution < -0.4 is 0 Å². The molecule has 0 aliphatic carbocycles. The summed E-state index contributed by atoms with van der Waals surface area (Å²) in [7, 11) is 0. The number of alkyl halides is 1. The highest BCUT2D eigenvalue weighted by Crippen LogP contribution is 2.23. The Bertz CT molecular complexity index is 400. The summed E-state index contributed by atoms with van der Waals surface area (Å²) in [5.41, 5.74) is 2.11. The van der Waals surface area contributed by atoms with E-state index in [1.165, 1.54) is 0 Å². The molecule has 0 atom stereocenters. The average molecular weight is 348 g/mol. The first kappa shape index (κ1) is 13.5. The molecule has 0 heterocycles. The molecule has 1 aromatic rings. The van der Waals surface area contributed by atoms with Gasteiger partial charge in [0.2, 0.25) is 0 Å². The minimum absolute atomic E-state index is 0.928. The summed E-state index contributed by atoms with van der Waals surface area (Å²) in [5.74, 6) is -0.929. The summed E-state index contributed by atoms with van der Waals surface area (Å²) >= 11 is 6.82. The van der Waals surface area contributed by atoms with Gasteiger partial charge in [0.25, 0.3) is 0 Å². The zero-order valence-electron chi connectivity index (χ0n) is 8.62. The Morgan fingerprint density at radius 3 is 2.81 bits per heavy atom. The summed E-state index contributed by atoms with van der Waals surface area (Å²) in [6.07, 6.45) is 4.77. The van der Waals surface area contributed by atoms with Gasteiger partial charge in [-0.25, -0.2) is 4.79 Å². The number of carboxylic acid groups (broad SMARTS) is 1. The molecule has 0 aliphatic heterocycles. The maximum atomic E-state index is 10.5. The first-order valence-electron chi connectivity index (χ1n) is 4.89. The fourth-order valence-corrected chi connectivity index (χ4v) is 2.22. The van der Waals surface area contributed by atoms with Crippen molar-refractivity contribution in [1.29, 1.82) is 0 Å². The van der Waals surface area contributed by atoms with E-state index in [0.29, 0.717) is 0 Å². The molecule has 0 saturated heterocycles. The van der Waals surface area contributed by atoms with Gasteiger partial charge >= 0.3 is 5.97 Å². The number of hydrogen-bond acceptors (Lipinski definition) is 1. The van der Waals surface area contributed by atoms with Crippen molar-refractivity contribution in [3.05, 3.63) is 39.9 Å². The Morgan fingerprint density at radius 1 is 1.44 bits per heavy atom. The zero-order chi connectivity index (χ0) is 12.0. The van der Waals surface area contributed by atoms with Crippen LogP contribution in [-0.4, -0.2) is 16.4 Å². The summed E-state index contributed by atoms with van der Waals surface area (Å²) < 4.78 is 0.928. The van der Waals surface area contributed by atoms with Crippen LogP contribution in [0.4, 0.5) is 0 Å². The van der Waals surface area contributed by atoms with E-state index >= 15 is 0 Å². The predicted molar refractivity (Wildman–Crippen MR) is 72.9 cm³/mol. The smallest absolute Gasteiger partial charge is 0.328 e. The molecule has 0 unspecified atom stereocenters. The number of benzene rings is 1. The summed E-state index contributed by atoms with van der Waals surface area (Å²) in [4.78, 5) is 10.5. The average Bonchev–Trinajstić information content (AvgIpc) is 2.24. The topological polar surface area (TPSA) is 37.3 Å². The summed E-state index contributed by atoms with van der Waals surface area (Å²) in [5, 5.41) is 9.57. The molecule has 4 heteroatoms. The number of carbonyl (C=O) groups is 1. The highest BCUT2D eigenvalue weighted by atomic mass is 79.9. The van der Waals surface area contributed by atoms with Gasteiger partial charge in [0.1, 0.15) is 0 Å². The van der Waals surface area contributed by atoms with E-state index in [2.05, 4.69) is 31.9 Å². The monoisotopic (exact) mass is 346 g/mol. The quantitative estimate of drug-likeness (QED) is 0.648. The minimum Gasteiger partial charge on any atom is -0.478 e. The van der Waals surface area contributed by atoms with Crippen molar-refractivity contribution in [2.24, 2.45) is 0 Å². The molecule has 86 valence electrons. The van der Waals surface area contributed by atoms with Crippen LogP contribution in [0.3, 0.4) is 0 Å². The molecule has 0 aromatic heterocycles. The first-order valence-corrected chi connectivity index (χ1v) is 6.81. The Labute approximate surface area is 112 Å². The minimum atomic E-state index is -0.929. The Hall–Kier alpha value is -0.610. The SMILES string of the molecule is O=C(O)/C=C/c1c(Br)cccc1CCCBr. The highest BCUT2D eigenvalue weighted by molar-refractivity contribution is 9.10. The molecule has 16 heavy (non-hydrogen) atoms. The molecule has 0 saturated carbocycles. The molecule has 0 fully saturated rings. The lowest BCUT2D eigenvalue weighted by Crippen LogP contribution is -1.93. The second-order valence-corrected chi connectivity index (χ2v) is 4.92. The molecule has 1 aromatic carbocycles. The van der Waals surface area contributed by atoms with Crippen LogP contribution in [0, 0.1) is 0 Å². The van der Waals surface area contributed by atoms with Crippen LogP contribution in [-0.2, 0) is 11.2 Å². The zero-order valence-corrected chi connectivity index (χ0v) is 11.8. The van der Waals surface area contributed by atoms with E-state index in [4.69, 9.17) is 5.11 Å². The van der Waals surface area contributed by atoms with Crippen molar-refractivity contribution >= 4 is 43.9 Å². The number of carboxylic acids is 1. The van der Waals surface area contributed by atoms with Crippen molar-refractivity contribution in [3.63, 3.8) is 0 Å². The van der Waals surface area contributed by atoms with E-state index in [1.807, 2.05) is 18.2 Å². The molecule has 1 rings (SSSR count). The molecule has 0 amide bonds. The van der Waals surface area contributed by atoms with Gasteiger partial charge in [-0.2, -0.15) is 0 Å². The van der Waals surface area contributed by atoms with Crippen LogP contribution in [0.1, 0.15) is 17.5 Å². The Kier molecular flexibility index (Phi) is 5.77. The van der Waals surface area contributed by atoms with Gasteiger partial charge in [-0.1, -0.05) is 44.0 Å². The molecule has 0 radical (unpaired) electrons. The third-order valence-corrected chi connectivity index (χ3v) is 3.37. The van der Waals surface area contributed by atoms with Gasteiger partial charge in [-0.05, 0) is 36.1 Å². The van der Waals surface area contributed by atoms with Crippen LogP contribution in [0.2, 0.25) is 0 Å². The summed E-state index contributed by atoms with van der Waals surface area (Å²) in [6.45, 7) is 0. The molecule has 1 N–H and O–H groups in total. The number of aliphatic carboxylic acids is 1. The third-order valence-electron chi connectivity index (χ3n) is 2.12. The standard InChI is InChI=1S/C12H12Br2O2/c13-8-2-4-9-3-1-5-11(14)10(9)6-7-12(15)16/h1,3,5-7H,2,4,8H2,(H,15,16)/b7-6+. The van der Waals surface area contributed by atoms with E-state index < -0.39 is 5.97 Å². The lowest BCUT2D eigenvalue weighted by molar-refractivity contribution is -0.131. The molecule has 2 nitrogen and oxygen atoms in total. The summed E-state index contributed by atoms with van der Waals surface area (Å²) in [6, 6.07) is 5.90. The van der Waals surface area contributed by atoms with Gasteiger partial charge in [0, 0.05) is 15.9 Å². The molecular weight excluding hydrogens is 336 g/mol. The third kappa shape index (κ3) is 4.10. The fraction of sp³-hybridized carbons (Fsp3) is 0.250. The van der Waals surface area contributed by atoms with Crippen molar-refractivity contribution < 1.29 is 9.90 Å². The number of rotatable bonds is 5. The Morgan fingerprint density at radius 2 is 2.19 bits per heavy atom. The lowest BCUT2D eigenvalue weighted by atomic mass is 10.0. The van der Waals surface area contributed by atoms with E-state index in [1.54, 1.807) is 6.08 Å². The number of halogens is 2. The van der Waals surface area contributed by atoms with Crippen molar-refractivity contribution in [3.8, 4) is 0 Å². The van der Waals surface area contributed by atoms with Gasteiger partial charge in [-0.15, -0.1) is 0 Å². The van der Waals surface area contributed by atoms with Crippen LogP contribution >= 0.6 is 31.9 Å². The molecule has 0 spiro atoms. The van der Waals surface area contributed by atoms with Crippen LogP contribution in [0.5, 0.6) is 0 Å². The largest absolute Gasteiger partial charge is 0.478 e. The van der Waals surface area contributed by atoms with Crippen molar-refractivity contribution in [1.82, 2.24) is 0 Å². The first-order chi connectivity index (χ1) is 7.65. The fourth-order valence-electron chi connectivity index (χ4n) is 1.40. The van der Waals surface area contributed by atoms with Gasteiger partial charge < -0.3 is 5.11 Å². The molecule has 0 bridgehead atoms. The highest BCUT2D eigenvalue weighted by Gasteiger charge is 2.03. The van der Waals surface area contributed by atoms with Crippen molar-refractivity contribution in [2.45, 2.75) is 12.8 Å². The van der Waals surface area contributed by atoms with Gasteiger partial charge in [0.05, 0.1) is 0 Å². The maximum absolute atomic E-state index is 10.5. The van der Waals surface area contributed by atoms with Gasteiger partial charge in [-0.3, -0.25) is 0 Å². The molecule has 0 aliphatic rings. The van der Waals surface area contributed by atoms with E-state index in [0.717, 1.165) is 39.8 Å².